The van der Waals surface area contributed by atoms with Crippen LogP contribution < -0.4 is 5.32 Å². The average molecular weight is 497 g/mol. The molecule has 4 rings (SSSR count). The molecule has 1 saturated heterocycles. The van der Waals surface area contributed by atoms with Gasteiger partial charge in [-0.2, -0.15) is 0 Å². The average Bonchev–Trinajstić information content (AvgIpc) is 3.31. The number of nitrogens with one attached hydrogen (secondary N) is 1. The summed E-state index contributed by atoms with van der Waals surface area (Å²) in [6.45, 7) is 6.96. The van der Waals surface area contributed by atoms with Crippen molar-refractivity contribution in [1.82, 2.24) is 19.8 Å². The topological polar surface area (TPSA) is 59.4 Å². The van der Waals surface area contributed by atoms with Crippen LogP contribution in [0.25, 0.3) is 5.69 Å². The number of halogens is 1. The highest BCUT2D eigenvalue weighted by Gasteiger charge is 2.41. The second-order valence-corrected chi connectivity index (χ2v) is 9.42. The second-order valence-electron chi connectivity index (χ2n) is 8.59. The minimum atomic E-state index is -0.217. The smallest absolute Gasteiger partial charge is 0.305 e. The van der Waals surface area contributed by atoms with Crippen molar-refractivity contribution in [2.75, 3.05) is 13.7 Å². The molecule has 2 aromatic heterocycles. The van der Waals surface area contributed by atoms with Crippen LogP contribution in [-0.2, 0) is 9.53 Å². The second kappa shape index (κ2) is 10.2. The number of aromatic nitrogens is 2. The number of thiocarbonyl (C=S) groups is 1. The van der Waals surface area contributed by atoms with Crippen molar-refractivity contribution in [2.24, 2.45) is 0 Å². The molecular weight excluding hydrogens is 468 g/mol. The number of benzene rings is 1. The van der Waals surface area contributed by atoms with Crippen molar-refractivity contribution in [3.63, 3.8) is 0 Å². The molecule has 1 aromatic carbocycles. The lowest BCUT2D eigenvalue weighted by molar-refractivity contribution is -0.140. The molecule has 2 unspecified atom stereocenters. The van der Waals surface area contributed by atoms with Gasteiger partial charge >= 0.3 is 5.97 Å². The summed E-state index contributed by atoms with van der Waals surface area (Å²) in [4.78, 5) is 18.5. The molecule has 0 bridgehead atoms. The maximum atomic E-state index is 11.7. The Morgan fingerprint density at radius 2 is 2.00 bits per heavy atom. The lowest BCUT2D eigenvalue weighted by Crippen LogP contribution is -2.31. The lowest BCUT2D eigenvalue weighted by atomic mass is 9.96. The van der Waals surface area contributed by atoms with Gasteiger partial charge < -0.3 is 19.5 Å². The van der Waals surface area contributed by atoms with Gasteiger partial charge in [-0.05, 0) is 80.9 Å². The maximum Gasteiger partial charge on any atom is 0.305 e. The van der Waals surface area contributed by atoms with E-state index in [1.807, 2.05) is 36.4 Å². The molecule has 178 valence electrons. The number of nitrogens with zero attached hydrogens (tertiary/aromatic N) is 3. The Labute approximate surface area is 210 Å². The fourth-order valence-corrected chi connectivity index (χ4v) is 5.26. The van der Waals surface area contributed by atoms with E-state index < -0.39 is 0 Å². The van der Waals surface area contributed by atoms with Gasteiger partial charge in [0.1, 0.15) is 0 Å². The zero-order chi connectivity index (χ0) is 24.4. The van der Waals surface area contributed by atoms with Crippen molar-refractivity contribution >= 4 is 34.9 Å². The molecule has 0 spiro atoms. The Morgan fingerprint density at radius 1 is 1.21 bits per heavy atom. The lowest BCUT2D eigenvalue weighted by Gasteiger charge is -2.28. The number of carbonyl (C=O) groups is 1. The molecule has 1 fully saturated rings. The standard InChI is InChI=1S/C26H29ClN4O2S/c1-16-10-11-19(27)15-22(16)31-17(2)14-20(18(31)3)25-24(21-8-5-6-12-28-21)29-26(34)30(25)13-7-9-23(32)33-4/h5-6,8,10-12,14-15,24-25H,7,9,13H2,1-4H3,(H,29,34). The first-order valence-electron chi connectivity index (χ1n) is 11.3. The quantitative estimate of drug-likeness (QED) is 0.350. The predicted octanol–water partition coefficient (Wildman–Crippen LogP) is 5.38. The number of esters is 1. The van der Waals surface area contributed by atoms with Crippen LogP contribution in [0, 0.1) is 20.8 Å². The Kier molecular flexibility index (Phi) is 7.24. The minimum absolute atomic E-state index is 0.0699. The van der Waals surface area contributed by atoms with Crippen molar-refractivity contribution in [1.29, 1.82) is 0 Å². The molecule has 0 amide bonds. The van der Waals surface area contributed by atoms with E-state index >= 15 is 0 Å². The largest absolute Gasteiger partial charge is 0.469 e. The molecule has 8 heteroatoms. The molecule has 1 aliphatic heterocycles. The highest BCUT2D eigenvalue weighted by atomic mass is 35.5. The predicted molar refractivity (Wildman–Crippen MR) is 138 cm³/mol. The maximum absolute atomic E-state index is 11.7. The van der Waals surface area contributed by atoms with Gasteiger partial charge in [-0.1, -0.05) is 23.7 Å². The van der Waals surface area contributed by atoms with E-state index in [0.29, 0.717) is 29.5 Å². The molecule has 0 saturated carbocycles. The summed E-state index contributed by atoms with van der Waals surface area (Å²) in [6.07, 6.45) is 2.79. The summed E-state index contributed by atoms with van der Waals surface area (Å²) < 4.78 is 7.07. The third kappa shape index (κ3) is 4.68. The van der Waals surface area contributed by atoms with Crippen LogP contribution in [0.3, 0.4) is 0 Å². The summed E-state index contributed by atoms with van der Waals surface area (Å²) in [5.41, 5.74) is 6.54. The van der Waals surface area contributed by atoms with Crippen LogP contribution in [-0.4, -0.2) is 39.2 Å². The van der Waals surface area contributed by atoms with Crippen molar-refractivity contribution < 1.29 is 9.53 Å². The van der Waals surface area contributed by atoms with Gasteiger partial charge in [-0.25, -0.2) is 0 Å². The molecule has 1 aliphatic rings. The number of aryl methyl sites for hydroxylation is 2. The third-order valence-electron chi connectivity index (χ3n) is 6.41. The summed E-state index contributed by atoms with van der Waals surface area (Å²) in [6, 6.07) is 13.9. The normalized spacial score (nSPS) is 17.7. The SMILES string of the molecule is COC(=O)CCCN1C(=S)NC(c2ccccn2)C1c1cc(C)n(-c2cc(Cl)ccc2C)c1C. The van der Waals surface area contributed by atoms with E-state index in [2.05, 4.69) is 46.6 Å². The van der Waals surface area contributed by atoms with Gasteiger partial charge in [0, 0.05) is 41.3 Å². The van der Waals surface area contributed by atoms with E-state index in [4.69, 9.17) is 28.6 Å². The number of carbonyl (C=O) groups excluding carboxylic acids is 1. The first-order valence-corrected chi connectivity index (χ1v) is 12.1. The van der Waals surface area contributed by atoms with Crippen molar-refractivity contribution in [3.8, 4) is 5.69 Å². The fraction of sp³-hybridized carbons (Fsp3) is 0.346. The number of methoxy groups -OCH3 is 1. The zero-order valence-corrected chi connectivity index (χ0v) is 21.4. The van der Waals surface area contributed by atoms with Crippen LogP contribution in [0.4, 0.5) is 0 Å². The highest BCUT2D eigenvalue weighted by molar-refractivity contribution is 7.80. The molecule has 3 aromatic rings. The third-order valence-corrected chi connectivity index (χ3v) is 6.99. The van der Waals surface area contributed by atoms with Crippen molar-refractivity contribution in [2.45, 2.75) is 45.7 Å². The summed E-state index contributed by atoms with van der Waals surface area (Å²) >= 11 is 12.1. The van der Waals surface area contributed by atoms with Crippen LogP contribution >= 0.6 is 23.8 Å². The Balaban J connectivity index is 1.78. The van der Waals surface area contributed by atoms with Crippen LogP contribution in [0.1, 0.15) is 53.1 Å². The van der Waals surface area contributed by atoms with Crippen molar-refractivity contribution in [3.05, 3.63) is 81.9 Å². The van der Waals surface area contributed by atoms with Gasteiger partial charge in [0.15, 0.2) is 5.11 Å². The van der Waals surface area contributed by atoms with Crippen LogP contribution in [0.15, 0.2) is 48.7 Å². The van der Waals surface area contributed by atoms with Gasteiger partial charge in [0.05, 0.1) is 24.9 Å². The van der Waals surface area contributed by atoms with E-state index in [0.717, 1.165) is 33.9 Å². The van der Waals surface area contributed by atoms with Gasteiger partial charge in [-0.3, -0.25) is 9.78 Å². The molecule has 2 atom stereocenters. The van der Waals surface area contributed by atoms with Gasteiger partial charge in [-0.15, -0.1) is 0 Å². The molecule has 34 heavy (non-hydrogen) atoms. The highest BCUT2D eigenvalue weighted by Crippen LogP contribution is 2.41. The number of ether oxygens (including phenoxy) is 1. The number of pyridine rings is 1. The van der Waals surface area contributed by atoms with Crippen LogP contribution in [0.2, 0.25) is 5.02 Å². The van der Waals surface area contributed by atoms with E-state index in [9.17, 15) is 4.79 Å². The molecule has 6 nitrogen and oxygen atoms in total. The Hall–Kier alpha value is -2.90. The number of hydrogen-bond acceptors (Lipinski definition) is 4. The van der Waals surface area contributed by atoms with Gasteiger partial charge in [0.25, 0.3) is 0 Å². The Morgan fingerprint density at radius 3 is 2.71 bits per heavy atom. The zero-order valence-electron chi connectivity index (χ0n) is 19.8. The fourth-order valence-electron chi connectivity index (χ4n) is 4.76. The first kappa shape index (κ1) is 24.2. The first-order chi connectivity index (χ1) is 16.3. The van der Waals surface area contributed by atoms with E-state index in [1.54, 1.807) is 6.20 Å². The Bertz CT molecular complexity index is 1210. The molecular formula is C26H29ClN4O2S. The minimum Gasteiger partial charge on any atom is -0.469 e. The van der Waals surface area contributed by atoms with Gasteiger partial charge in [0.2, 0.25) is 0 Å². The molecule has 3 heterocycles. The molecule has 0 aliphatic carbocycles. The summed E-state index contributed by atoms with van der Waals surface area (Å²) in [7, 11) is 1.41. The molecule has 1 N–H and O–H groups in total. The van der Waals surface area contributed by atoms with Crippen LogP contribution in [0.5, 0.6) is 0 Å². The van der Waals surface area contributed by atoms with E-state index in [1.165, 1.54) is 7.11 Å². The number of rotatable bonds is 7. The summed E-state index contributed by atoms with van der Waals surface area (Å²) in [5, 5.41) is 4.85. The molecule has 0 radical (unpaired) electrons. The monoisotopic (exact) mass is 496 g/mol. The number of hydrogen-bond donors (Lipinski definition) is 1. The van der Waals surface area contributed by atoms with E-state index in [-0.39, 0.29) is 18.1 Å². The summed E-state index contributed by atoms with van der Waals surface area (Å²) in [5.74, 6) is -0.217.